The zero-order chi connectivity index (χ0) is 18.3. The summed E-state index contributed by atoms with van der Waals surface area (Å²) in [7, 11) is 1.70. The smallest absolute Gasteiger partial charge is 0.230 e. The third-order valence-corrected chi connectivity index (χ3v) is 6.84. The van der Waals surface area contributed by atoms with Gasteiger partial charge in [0.05, 0.1) is 24.0 Å². The van der Waals surface area contributed by atoms with E-state index in [-0.39, 0.29) is 11.3 Å². The molecular weight excluding hydrogens is 328 g/mol. The van der Waals surface area contributed by atoms with Crippen molar-refractivity contribution >= 4 is 5.91 Å². The number of imidazole rings is 1. The van der Waals surface area contributed by atoms with E-state index in [1.807, 2.05) is 11.2 Å². The van der Waals surface area contributed by atoms with Gasteiger partial charge in [0.15, 0.2) is 0 Å². The van der Waals surface area contributed by atoms with Crippen LogP contribution in [0.5, 0.6) is 0 Å². The maximum atomic E-state index is 13.4. The molecule has 0 aromatic carbocycles. The van der Waals surface area contributed by atoms with Crippen molar-refractivity contribution in [1.82, 2.24) is 19.4 Å². The number of carbonyl (C=O) groups excluding carboxylic acids is 1. The van der Waals surface area contributed by atoms with Crippen molar-refractivity contribution in [2.45, 2.75) is 57.5 Å². The first-order valence-electron chi connectivity index (χ1n) is 10.1. The minimum atomic E-state index is -0.292. The molecule has 1 aromatic rings. The number of aromatic nitrogens is 2. The number of hydrogen-bond donors (Lipinski definition) is 0. The third kappa shape index (κ3) is 2.87. The van der Waals surface area contributed by atoms with Gasteiger partial charge in [0.1, 0.15) is 0 Å². The highest BCUT2D eigenvalue weighted by Crippen LogP contribution is 2.51. The number of amides is 1. The molecule has 144 valence electrons. The van der Waals surface area contributed by atoms with Crippen LogP contribution in [0.25, 0.3) is 0 Å². The molecule has 6 heteroatoms. The summed E-state index contributed by atoms with van der Waals surface area (Å²) in [5, 5.41) is 0. The molecule has 2 saturated heterocycles. The lowest BCUT2D eigenvalue weighted by Crippen LogP contribution is -2.43. The normalized spacial score (nSPS) is 30.1. The van der Waals surface area contributed by atoms with Gasteiger partial charge in [0.25, 0.3) is 0 Å². The molecule has 1 spiro atoms. The van der Waals surface area contributed by atoms with Gasteiger partial charge in [-0.25, -0.2) is 4.98 Å². The molecule has 3 fully saturated rings. The highest BCUT2D eigenvalue weighted by molar-refractivity contribution is 5.86. The third-order valence-electron chi connectivity index (χ3n) is 6.84. The molecule has 0 bridgehead atoms. The van der Waals surface area contributed by atoms with E-state index in [2.05, 4.69) is 29.5 Å². The average molecular weight is 361 g/mol. The van der Waals surface area contributed by atoms with Gasteiger partial charge < -0.3 is 14.2 Å². The summed E-state index contributed by atoms with van der Waals surface area (Å²) in [4.78, 5) is 22.8. The second-order valence-electron chi connectivity index (χ2n) is 8.60. The van der Waals surface area contributed by atoms with Crippen LogP contribution in [0, 0.1) is 5.41 Å². The van der Waals surface area contributed by atoms with Gasteiger partial charge in [-0.3, -0.25) is 9.69 Å². The highest BCUT2D eigenvalue weighted by atomic mass is 16.5. The Bertz CT molecular complexity index is 654. The van der Waals surface area contributed by atoms with E-state index in [1.165, 1.54) is 19.3 Å². The fraction of sp³-hybridized carbons (Fsp3) is 0.800. The van der Waals surface area contributed by atoms with E-state index >= 15 is 0 Å². The van der Waals surface area contributed by atoms with E-state index in [0.717, 1.165) is 31.7 Å². The molecule has 26 heavy (non-hydrogen) atoms. The molecule has 1 amide bonds. The Hall–Kier alpha value is -1.40. The molecule has 2 aliphatic heterocycles. The Kier molecular flexibility index (Phi) is 4.82. The van der Waals surface area contributed by atoms with Crippen LogP contribution in [0.1, 0.15) is 57.2 Å². The van der Waals surface area contributed by atoms with Gasteiger partial charge in [-0.1, -0.05) is 6.42 Å². The Morgan fingerprint density at radius 1 is 1.38 bits per heavy atom. The molecule has 1 saturated carbocycles. The summed E-state index contributed by atoms with van der Waals surface area (Å²) in [6.07, 6.45) is 8.94. The van der Waals surface area contributed by atoms with Crippen LogP contribution in [0.15, 0.2) is 12.5 Å². The van der Waals surface area contributed by atoms with Crippen LogP contribution in [0.2, 0.25) is 0 Å². The van der Waals surface area contributed by atoms with E-state index in [1.54, 1.807) is 7.11 Å². The van der Waals surface area contributed by atoms with Crippen LogP contribution < -0.4 is 0 Å². The first-order chi connectivity index (χ1) is 12.5. The van der Waals surface area contributed by atoms with Crippen molar-refractivity contribution in [1.29, 1.82) is 0 Å². The number of rotatable bonds is 6. The molecule has 2 atom stereocenters. The Morgan fingerprint density at radius 3 is 2.81 bits per heavy atom. The molecule has 1 aromatic heterocycles. The van der Waals surface area contributed by atoms with E-state index in [9.17, 15) is 4.79 Å². The number of likely N-dealkylation sites (tertiary alicyclic amines) is 2. The van der Waals surface area contributed by atoms with Crippen molar-refractivity contribution in [3.05, 3.63) is 18.2 Å². The largest absolute Gasteiger partial charge is 0.383 e. The molecule has 3 heterocycles. The SMILES string of the molecule is COCCN1CC[C@]2(CN(C3CCC3)C[C@H]2c2cn(C(C)C)cn2)C1=O. The summed E-state index contributed by atoms with van der Waals surface area (Å²) in [6, 6.07) is 1.07. The highest BCUT2D eigenvalue weighted by Gasteiger charge is 2.58. The van der Waals surface area contributed by atoms with Crippen LogP contribution >= 0.6 is 0 Å². The minimum Gasteiger partial charge on any atom is -0.383 e. The summed E-state index contributed by atoms with van der Waals surface area (Å²) in [5.41, 5.74) is 0.807. The lowest BCUT2D eigenvalue weighted by molar-refractivity contribution is -0.136. The topological polar surface area (TPSA) is 50.6 Å². The van der Waals surface area contributed by atoms with Crippen molar-refractivity contribution in [2.75, 3.05) is 39.9 Å². The Labute approximate surface area is 156 Å². The number of hydrogen-bond acceptors (Lipinski definition) is 4. The molecule has 3 aliphatic rings. The average Bonchev–Trinajstić information content (AvgIpc) is 3.25. The van der Waals surface area contributed by atoms with Crippen molar-refractivity contribution in [2.24, 2.45) is 5.41 Å². The zero-order valence-electron chi connectivity index (χ0n) is 16.4. The van der Waals surface area contributed by atoms with Crippen LogP contribution in [0.4, 0.5) is 0 Å². The van der Waals surface area contributed by atoms with Crippen LogP contribution in [0.3, 0.4) is 0 Å². The monoisotopic (exact) mass is 360 g/mol. The second-order valence-corrected chi connectivity index (χ2v) is 8.60. The number of carbonyl (C=O) groups is 1. The maximum absolute atomic E-state index is 13.4. The minimum absolute atomic E-state index is 0.211. The van der Waals surface area contributed by atoms with Crippen molar-refractivity contribution < 1.29 is 9.53 Å². The van der Waals surface area contributed by atoms with Gasteiger partial charge in [-0.15, -0.1) is 0 Å². The molecule has 1 aliphatic carbocycles. The second kappa shape index (κ2) is 6.97. The van der Waals surface area contributed by atoms with E-state index in [4.69, 9.17) is 9.72 Å². The summed E-state index contributed by atoms with van der Waals surface area (Å²) in [6.45, 7) is 8.38. The quantitative estimate of drug-likeness (QED) is 0.781. The van der Waals surface area contributed by atoms with Crippen LogP contribution in [-0.2, 0) is 9.53 Å². The number of ether oxygens (including phenoxy) is 1. The Balaban J connectivity index is 1.61. The van der Waals surface area contributed by atoms with Crippen molar-refractivity contribution in [3.8, 4) is 0 Å². The molecule has 0 radical (unpaired) electrons. The summed E-state index contributed by atoms with van der Waals surface area (Å²) >= 11 is 0. The lowest BCUT2D eigenvalue weighted by atomic mass is 9.75. The predicted octanol–water partition coefficient (Wildman–Crippen LogP) is 2.28. The first-order valence-corrected chi connectivity index (χ1v) is 10.1. The van der Waals surface area contributed by atoms with Gasteiger partial charge in [0.2, 0.25) is 5.91 Å². The first kappa shape index (κ1) is 18.0. The fourth-order valence-electron chi connectivity index (χ4n) is 4.91. The molecule has 0 N–H and O–H groups in total. The molecule has 6 nitrogen and oxygen atoms in total. The fourth-order valence-corrected chi connectivity index (χ4v) is 4.91. The van der Waals surface area contributed by atoms with Crippen molar-refractivity contribution in [3.63, 3.8) is 0 Å². The number of methoxy groups -OCH3 is 1. The van der Waals surface area contributed by atoms with Gasteiger partial charge in [-0.2, -0.15) is 0 Å². The molecule has 4 rings (SSSR count). The maximum Gasteiger partial charge on any atom is 0.230 e. The van der Waals surface area contributed by atoms with Crippen LogP contribution in [-0.4, -0.2) is 71.2 Å². The van der Waals surface area contributed by atoms with Gasteiger partial charge in [-0.05, 0) is 33.1 Å². The zero-order valence-corrected chi connectivity index (χ0v) is 16.4. The summed E-state index contributed by atoms with van der Waals surface area (Å²) < 4.78 is 7.37. The lowest BCUT2D eigenvalue weighted by Gasteiger charge is -2.35. The van der Waals surface area contributed by atoms with E-state index in [0.29, 0.717) is 31.1 Å². The molecule has 0 unspecified atom stereocenters. The van der Waals surface area contributed by atoms with Gasteiger partial charge in [0, 0.05) is 57.5 Å². The molecular formula is C20H32N4O2. The number of nitrogens with zero attached hydrogens (tertiary/aromatic N) is 4. The van der Waals surface area contributed by atoms with E-state index < -0.39 is 0 Å². The predicted molar refractivity (Wildman–Crippen MR) is 100 cm³/mol. The summed E-state index contributed by atoms with van der Waals surface area (Å²) in [5.74, 6) is 0.531. The standard InChI is InChI=1S/C20H32N4O2/c1-15(2)24-12-18(21-14-24)17-11-23(16-5-4-6-16)13-20(17)7-8-22(19(20)25)9-10-26-3/h12,14-17H,4-11,13H2,1-3H3/t17-,20+/m0/s1. The van der Waals surface area contributed by atoms with Gasteiger partial charge >= 0.3 is 0 Å². The Morgan fingerprint density at radius 2 is 2.19 bits per heavy atom.